The van der Waals surface area contributed by atoms with E-state index in [9.17, 15) is 14.9 Å². The minimum atomic E-state index is -1.11. The molecule has 0 aliphatic carbocycles. The molecule has 0 amide bonds. The number of halogens is 1. The van der Waals surface area contributed by atoms with Crippen molar-refractivity contribution in [3.63, 3.8) is 0 Å². The Balaban J connectivity index is 3.28. The summed E-state index contributed by atoms with van der Waals surface area (Å²) in [5.74, 6) is -1.11. The summed E-state index contributed by atoms with van der Waals surface area (Å²) >= 11 is 5.71. The number of carbonyl (C=O) groups is 1. The molecule has 0 saturated heterocycles. The van der Waals surface area contributed by atoms with Crippen LogP contribution in [0.15, 0.2) is 12.1 Å². The van der Waals surface area contributed by atoms with E-state index >= 15 is 0 Å². The highest BCUT2D eigenvalue weighted by molar-refractivity contribution is 6.31. The van der Waals surface area contributed by atoms with Gasteiger partial charge in [-0.2, -0.15) is 0 Å². The van der Waals surface area contributed by atoms with Crippen LogP contribution in [0.1, 0.15) is 11.1 Å². The van der Waals surface area contributed by atoms with E-state index in [1.807, 2.05) is 0 Å². The Morgan fingerprint density at radius 2 is 2.20 bits per heavy atom. The minimum absolute atomic E-state index is 0.161. The number of nitro groups is 1. The van der Waals surface area contributed by atoms with Gasteiger partial charge in [0.15, 0.2) is 0 Å². The third kappa shape index (κ3) is 2.66. The summed E-state index contributed by atoms with van der Waals surface area (Å²) in [5.41, 5.74) is 0.529. The fourth-order valence-electron chi connectivity index (χ4n) is 1.21. The SMILES string of the molecule is Cc1cc(CC(=O)O)c([N+](=O)[O-])cc1Cl. The van der Waals surface area contributed by atoms with Crippen LogP contribution in [0.2, 0.25) is 5.02 Å². The lowest BCUT2D eigenvalue weighted by Crippen LogP contribution is -2.04. The molecular weight excluding hydrogens is 222 g/mol. The first kappa shape index (κ1) is 11.5. The zero-order chi connectivity index (χ0) is 11.6. The van der Waals surface area contributed by atoms with Gasteiger partial charge in [0.25, 0.3) is 5.69 Å². The van der Waals surface area contributed by atoms with E-state index in [4.69, 9.17) is 16.7 Å². The number of benzene rings is 1. The van der Waals surface area contributed by atoms with Gasteiger partial charge in [-0.3, -0.25) is 14.9 Å². The second-order valence-corrected chi connectivity index (χ2v) is 3.46. The number of carboxylic acids is 1. The maximum Gasteiger partial charge on any atom is 0.308 e. The maximum absolute atomic E-state index is 10.6. The highest BCUT2D eigenvalue weighted by Gasteiger charge is 2.17. The molecule has 1 aromatic rings. The van der Waals surface area contributed by atoms with Crippen LogP contribution in [0, 0.1) is 17.0 Å². The van der Waals surface area contributed by atoms with Gasteiger partial charge in [-0.15, -0.1) is 0 Å². The van der Waals surface area contributed by atoms with Gasteiger partial charge in [0.05, 0.1) is 16.4 Å². The molecule has 0 unspecified atom stereocenters. The van der Waals surface area contributed by atoms with Crippen LogP contribution >= 0.6 is 11.6 Å². The number of rotatable bonds is 3. The first-order chi connectivity index (χ1) is 6.91. The fourth-order valence-corrected chi connectivity index (χ4v) is 1.36. The predicted octanol–water partition coefficient (Wildman–Crippen LogP) is 2.18. The highest BCUT2D eigenvalue weighted by atomic mass is 35.5. The number of hydrogen-bond acceptors (Lipinski definition) is 3. The van der Waals surface area contributed by atoms with Crippen LogP contribution in [-0.4, -0.2) is 16.0 Å². The standard InChI is InChI=1S/C9H8ClNO4/c1-5-2-6(3-9(12)13)8(11(14)15)4-7(5)10/h2,4H,3H2,1H3,(H,12,13). The lowest BCUT2D eigenvalue weighted by molar-refractivity contribution is -0.385. The molecule has 0 aliphatic rings. The van der Waals surface area contributed by atoms with Crippen molar-refractivity contribution in [1.82, 2.24) is 0 Å². The average Bonchev–Trinajstić information content (AvgIpc) is 2.09. The Hall–Kier alpha value is -1.62. The van der Waals surface area contributed by atoms with E-state index in [2.05, 4.69) is 0 Å². The van der Waals surface area contributed by atoms with Crippen molar-refractivity contribution in [3.8, 4) is 0 Å². The van der Waals surface area contributed by atoms with Gasteiger partial charge < -0.3 is 5.11 Å². The topological polar surface area (TPSA) is 80.4 Å². The monoisotopic (exact) mass is 229 g/mol. The smallest absolute Gasteiger partial charge is 0.308 e. The molecule has 80 valence electrons. The number of nitrogens with zero attached hydrogens (tertiary/aromatic N) is 1. The van der Waals surface area contributed by atoms with Crippen LogP contribution in [0.5, 0.6) is 0 Å². The molecule has 5 nitrogen and oxygen atoms in total. The molecule has 0 bridgehead atoms. The molecular formula is C9H8ClNO4. The molecule has 0 spiro atoms. The second-order valence-electron chi connectivity index (χ2n) is 3.06. The molecule has 0 fully saturated rings. The Labute approximate surface area is 90.4 Å². The van der Waals surface area contributed by atoms with Crippen molar-refractivity contribution in [3.05, 3.63) is 38.4 Å². The number of hydrogen-bond donors (Lipinski definition) is 1. The van der Waals surface area contributed by atoms with Gasteiger partial charge in [-0.05, 0) is 18.6 Å². The normalized spacial score (nSPS) is 10.0. The lowest BCUT2D eigenvalue weighted by Gasteiger charge is -2.03. The highest BCUT2D eigenvalue weighted by Crippen LogP contribution is 2.26. The summed E-state index contributed by atoms with van der Waals surface area (Å²) < 4.78 is 0. The molecule has 0 aromatic heterocycles. The van der Waals surface area contributed by atoms with E-state index in [1.54, 1.807) is 6.92 Å². The number of carboxylic acid groups (broad SMARTS) is 1. The summed E-state index contributed by atoms with van der Waals surface area (Å²) in [4.78, 5) is 20.5. The summed E-state index contributed by atoms with van der Waals surface area (Å²) in [6, 6.07) is 2.60. The van der Waals surface area contributed by atoms with Gasteiger partial charge in [0.2, 0.25) is 0 Å². The average molecular weight is 230 g/mol. The molecule has 1 aromatic carbocycles. The summed E-state index contributed by atoms with van der Waals surface area (Å²) in [5, 5.41) is 19.5. The van der Waals surface area contributed by atoms with Crippen LogP contribution in [-0.2, 0) is 11.2 Å². The molecule has 1 N–H and O–H groups in total. The van der Waals surface area contributed by atoms with E-state index in [0.717, 1.165) is 0 Å². The molecule has 0 aliphatic heterocycles. The van der Waals surface area contributed by atoms with Crippen LogP contribution < -0.4 is 0 Å². The summed E-state index contributed by atoms with van der Waals surface area (Å²) in [6.45, 7) is 1.66. The van der Waals surface area contributed by atoms with E-state index in [1.165, 1.54) is 12.1 Å². The van der Waals surface area contributed by atoms with Crippen molar-refractivity contribution >= 4 is 23.3 Å². The summed E-state index contributed by atoms with van der Waals surface area (Å²) in [7, 11) is 0. The first-order valence-corrected chi connectivity index (χ1v) is 4.45. The van der Waals surface area contributed by atoms with E-state index < -0.39 is 10.9 Å². The third-order valence-electron chi connectivity index (χ3n) is 1.90. The van der Waals surface area contributed by atoms with Crippen molar-refractivity contribution in [2.75, 3.05) is 0 Å². The molecule has 0 atom stereocenters. The van der Waals surface area contributed by atoms with Crippen molar-refractivity contribution in [2.24, 2.45) is 0 Å². The van der Waals surface area contributed by atoms with Crippen molar-refractivity contribution in [1.29, 1.82) is 0 Å². The quantitative estimate of drug-likeness (QED) is 0.636. The summed E-state index contributed by atoms with van der Waals surface area (Å²) in [6.07, 6.45) is -0.381. The fraction of sp³-hybridized carbons (Fsp3) is 0.222. The minimum Gasteiger partial charge on any atom is -0.481 e. The van der Waals surface area contributed by atoms with Gasteiger partial charge in [0, 0.05) is 11.6 Å². The number of aryl methyl sites for hydroxylation is 1. The molecule has 1 rings (SSSR count). The molecule has 6 heteroatoms. The van der Waals surface area contributed by atoms with Crippen LogP contribution in [0.4, 0.5) is 5.69 Å². The molecule has 0 heterocycles. The molecule has 0 saturated carbocycles. The van der Waals surface area contributed by atoms with E-state index in [-0.39, 0.29) is 22.7 Å². The Morgan fingerprint density at radius 3 is 2.67 bits per heavy atom. The zero-order valence-corrected chi connectivity index (χ0v) is 8.61. The van der Waals surface area contributed by atoms with Gasteiger partial charge in [0.1, 0.15) is 0 Å². The van der Waals surface area contributed by atoms with Gasteiger partial charge >= 0.3 is 5.97 Å². The molecule has 15 heavy (non-hydrogen) atoms. The number of aliphatic carboxylic acids is 1. The Bertz CT molecular complexity index is 430. The lowest BCUT2D eigenvalue weighted by atomic mass is 10.1. The van der Waals surface area contributed by atoms with Crippen molar-refractivity contribution in [2.45, 2.75) is 13.3 Å². The first-order valence-electron chi connectivity index (χ1n) is 4.07. The second kappa shape index (κ2) is 4.27. The Kier molecular flexibility index (Phi) is 3.26. The van der Waals surface area contributed by atoms with Crippen LogP contribution in [0.25, 0.3) is 0 Å². The van der Waals surface area contributed by atoms with E-state index in [0.29, 0.717) is 5.56 Å². The largest absolute Gasteiger partial charge is 0.481 e. The van der Waals surface area contributed by atoms with Crippen LogP contribution in [0.3, 0.4) is 0 Å². The maximum atomic E-state index is 10.6. The Morgan fingerprint density at radius 1 is 1.60 bits per heavy atom. The zero-order valence-electron chi connectivity index (χ0n) is 7.86. The molecule has 0 radical (unpaired) electrons. The van der Waals surface area contributed by atoms with Gasteiger partial charge in [-0.1, -0.05) is 11.6 Å². The van der Waals surface area contributed by atoms with Gasteiger partial charge in [-0.25, -0.2) is 0 Å². The predicted molar refractivity (Wildman–Crippen MR) is 54.2 cm³/mol. The van der Waals surface area contributed by atoms with Crippen molar-refractivity contribution < 1.29 is 14.8 Å². The number of nitro benzene ring substituents is 1. The third-order valence-corrected chi connectivity index (χ3v) is 2.31.